The van der Waals surface area contributed by atoms with Gasteiger partial charge in [0.05, 0.1) is 6.04 Å². The normalized spacial score (nSPS) is 22.7. The molecule has 3 aliphatic rings. The topological polar surface area (TPSA) is 65.0 Å². The maximum atomic E-state index is 6.52. The second-order valence-corrected chi connectivity index (χ2v) is 9.67. The first-order chi connectivity index (χ1) is 16.1. The molecule has 7 nitrogen and oxygen atoms in total. The molecule has 7 heteroatoms. The lowest BCUT2D eigenvalue weighted by Gasteiger charge is -2.40. The van der Waals surface area contributed by atoms with E-state index in [-0.39, 0.29) is 11.6 Å². The second kappa shape index (κ2) is 9.59. The molecule has 2 aromatic rings. The summed E-state index contributed by atoms with van der Waals surface area (Å²) in [5.74, 6) is 2.90. The van der Waals surface area contributed by atoms with E-state index in [0.29, 0.717) is 6.54 Å². The highest BCUT2D eigenvalue weighted by Gasteiger charge is 2.43. The monoisotopic (exact) mass is 448 g/mol. The summed E-state index contributed by atoms with van der Waals surface area (Å²) in [7, 11) is 4.02. The Bertz CT molecular complexity index is 978. The number of likely N-dealkylation sites (N-methyl/N-ethyl adjacent to an activating group) is 1. The minimum atomic E-state index is -0.0343. The lowest BCUT2D eigenvalue weighted by Crippen LogP contribution is -2.46. The molecule has 0 bridgehead atoms. The van der Waals surface area contributed by atoms with Gasteiger partial charge in [0.2, 0.25) is 0 Å². The van der Waals surface area contributed by atoms with Gasteiger partial charge in [0.1, 0.15) is 17.2 Å². The first-order valence-corrected chi connectivity index (χ1v) is 12.3. The molecule has 1 aromatic carbocycles. The van der Waals surface area contributed by atoms with Crippen molar-refractivity contribution in [3.8, 4) is 5.75 Å². The van der Waals surface area contributed by atoms with E-state index in [1.54, 1.807) is 0 Å². The van der Waals surface area contributed by atoms with Crippen LogP contribution < -0.4 is 20.3 Å². The van der Waals surface area contributed by atoms with Crippen LogP contribution in [0.1, 0.15) is 49.3 Å². The largest absolute Gasteiger partial charge is 0.487 e. The first-order valence-electron chi connectivity index (χ1n) is 12.3. The van der Waals surface area contributed by atoms with Crippen molar-refractivity contribution in [1.82, 2.24) is 20.5 Å². The molecule has 2 fully saturated rings. The van der Waals surface area contributed by atoms with Crippen LogP contribution in [0, 0.1) is 0 Å². The molecule has 176 valence electrons. The smallest absolute Gasteiger partial charge is 0.191 e. The molecule has 1 unspecified atom stereocenters. The van der Waals surface area contributed by atoms with Crippen LogP contribution in [0.25, 0.3) is 0 Å². The number of guanidine groups is 1. The highest BCUT2D eigenvalue weighted by Crippen LogP contribution is 2.46. The van der Waals surface area contributed by atoms with E-state index in [9.17, 15) is 0 Å². The number of hydrogen-bond donors (Lipinski definition) is 2. The predicted octanol–water partition coefficient (Wildman–Crippen LogP) is 3.34. The van der Waals surface area contributed by atoms with Crippen molar-refractivity contribution >= 4 is 11.8 Å². The SMILES string of the molecule is CN=C(NCc1ccnc(N2CCN(C)CC2)c1)NC1CC2(CCCC2)Oc2ccccc21. The van der Waals surface area contributed by atoms with Crippen molar-refractivity contribution in [2.24, 2.45) is 4.99 Å². The zero-order valence-electron chi connectivity index (χ0n) is 19.9. The van der Waals surface area contributed by atoms with E-state index in [1.807, 2.05) is 13.2 Å². The van der Waals surface area contributed by atoms with Crippen molar-refractivity contribution in [3.63, 3.8) is 0 Å². The minimum Gasteiger partial charge on any atom is -0.487 e. The number of rotatable bonds is 4. The summed E-state index contributed by atoms with van der Waals surface area (Å²) in [4.78, 5) is 13.9. The standard InChI is InChI=1S/C26H36N6O/c1-27-25(29-19-20-9-12-28-24(17-20)32-15-13-31(2)14-16-32)30-22-18-26(10-5-6-11-26)33-23-8-4-3-7-21(22)23/h3-4,7-9,12,17,22H,5-6,10-11,13-16,18-19H2,1-2H3,(H2,27,29,30). The van der Waals surface area contributed by atoms with Gasteiger partial charge in [-0.15, -0.1) is 0 Å². The quantitative estimate of drug-likeness (QED) is 0.553. The number of fused-ring (bicyclic) bond motifs is 1. The van der Waals surface area contributed by atoms with Crippen molar-refractivity contribution in [2.75, 3.05) is 45.2 Å². The number of ether oxygens (including phenoxy) is 1. The van der Waals surface area contributed by atoms with Crippen LogP contribution in [0.2, 0.25) is 0 Å². The maximum Gasteiger partial charge on any atom is 0.191 e. The van der Waals surface area contributed by atoms with Crippen LogP contribution in [0.3, 0.4) is 0 Å². The average molecular weight is 449 g/mol. The first kappa shape index (κ1) is 22.0. The molecule has 2 aliphatic heterocycles. The third-order valence-electron chi connectivity index (χ3n) is 7.34. The lowest BCUT2D eigenvalue weighted by atomic mass is 9.86. The van der Waals surface area contributed by atoms with Crippen LogP contribution in [0.15, 0.2) is 47.6 Å². The third kappa shape index (κ3) is 4.93. The Labute approximate surface area is 197 Å². The van der Waals surface area contributed by atoms with Crippen LogP contribution in [-0.2, 0) is 6.54 Å². The zero-order valence-corrected chi connectivity index (χ0v) is 19.9. The van der Waals surface area contributed by atoms with Gasteiger partial charge in [-0.3, -0.25) is 4.99 Å². The summed E-state index contributed by atoms with van der Waals surface area (Å²) in [5, 5.41) is 7.22. The number of nitrogens with zero attached hydrogens (tertiary/aromatic N) is 4. The number of aromatic nitrogens is 1. The highest BCUT2D eigenvalue weighted by atomic mass is 16.5. The lowest BCUT2D eigenvalue weighted by molar-refractivity contribution is 0.0396. The van der Waals surface area contributed by atoms with E-state index in [4.69, 9.17) is 4.74 Å². The Morgan fingerprint density at radius 2 is 1.94 bits per heavy atom. The second-order valence-electron chi connectivity index (χ2n) is 9.67. The molecule has 3 heterocycles. The van der Waals surface area contributed by atoms with E-state index < -0.39 is 0 Å². The van der Waals surface area contributed by atoms with Gasteiger partial charge < -0.3 is 25.2 Å². The summed E-state index contributed by atoms with van der Waals surface area (Å²) in [6.45, 7) is 4.91. The zero-order chi connectivity index (χ0) is 22.7. The number of benzene rings is 1. The van der Waals surface area contributed by atoms with Gasteiger partial charge in [0.25, 0.3) is 0 Å². The molecule has 1 saturated heterocycles. The number of nitrogens with one attached hydrogen (secondary N) is 2. The third-order valence-corrected chi connectivity index (χ3v) is 7.34. The van der Waals surface area contributed by atoms with Crippen molar-refractivity contribution in [2.45, 2.75) is 50.3 Å². The Morgan fingerprint density at radius 1 is 1.15 bits per heavy atom. The number of hydrogen-bond acceptors (Lipinski definition) is 5. The maximum absolute atomic E-state index is 6.52. The molecule has 2 N–H and O–H groups in total. The average Bonchev–Trinajstić information content (AvgIpc) is 3.29. The summed E-state index contributed by atoms with van der Waals surface area (Å²) >= 11 is 0. The number of piperazine rings is 1. The fourth-order valence-corrected chi connectivity index (χ4v) is 5.40. The van der Waals surface area contributed by atoms with Crippen molar-refractivity contribution in [1.29, 1.82) is 0 Å². The molecule has 1 atom stereocenters. The molecule has 1 aliphatic carbocycles. The van der Waals surface area contributed by atoms with E-state index >= 15 is 0 Å². The summed E-state index contributed by atoms with van der Waals surface area (Å²) in [6, 6.07) is 12.9. The Balaban J connectivity index is 1.25. The van der Waals surface area contributed by atoms with Gasteiger partial charge in [-0.1, -0.05) is 18.2 Å². The van der Waals surface area contributed by atoms with Crippen LogP contribution in [0.4, 0.5) is 5.82 Å². The fourth-order valence-electron chi connectivity index (χ4n) is 5.40. The van der Waals surface area contributed by atoms with Gasteiger partial charge in [-0.2, -0.15) is 0 Å². The molecule has 1 saturated carbocycles. The number of para-hydroxylation sites is 1. The summed E-state index contributed by atoms with van der Waals surface area (Å²) in [6.07, 6.45) is 7.67. The fraction of sp³-hybridized carbons (Fsp3) is 0.538. The summed E-state index contributed by atoms with van der Waals surface area (Å²) in [5.41, 5.74) is 2.40. The Kier molecular flexibility index (Phi) is 6.40. The minimum absolute atomic E-state index is 0.0343. The van der Waals surface area contributed by atoms with E-state index in [2.05, 4.69) is 73.9 Å². The molecular weight excluding hydrogens is 412 g/mol. The van der Waals surface area contributed by atoms with E-state index in [1.165, 1.54) is 24.0 Å². The Morgan fingerprint density at radius 3 is 2.73 bits per heavy atom. The summed E-state index contributed by atoms with van der Waals surface area (Å²) < 4.78 is 6.52. The number of aliphatic imine (C=N–C) groups is 1. The van der Waals surface area contributed by atoms with Crippen LogP contribution in [0.5, 0.6) is 5.75 Å². The highest BCUT2D eigenvalue weighted by molar-refractivity contribution is 5.80. The van der Waals surface area contributed by atoms with Gasteiger partial charge in [-0.25, -0.2) is 4.98 Å². The Hall–Kier alpha value is -2.80. The molecule has 0 radical (unpaired) electrons. The van der Waals surface area contributed by atoms with Crippen LogP contribution in [-0.4, -0.2) is 61.7 Å². The predicted molar refractivity (Wildman–Crippen MR) is 133 cm³/mol. The molecule has 1 spiro atoms. The number of pyridine rings is 1. The molecule has 0 amide bonds. The number of anilines is 1. The molecular formula is C26H36N6O. The molecule has 5 rings (SSSR count). The van der Waals surface area contributed by atoms with E-state index in [0.717, 1.165) is 63.0 Å². The van der Waals surface area contributed by atoms with Crippen LogP contribution >= 0.6 is 0 Å². The van der Waals surface area contributed by atoms with Crippen molar-refractivity contribution in [3.05, 3.63) is 53.7 Å². The van der Waals surface area contributed by atoms with Gasteiger partial charge in [0, 0.05) is 58.0 Å². The van der Waals surface area contributed by atoms with Gasteiger partial charge >= 0.3 is 0 Å². The van der Waals surface area contributed by atoms with Crippen molar-refractivity contribution < 1.29 is 4.74 Å². The van der Waals surface area contributed by atoms with Gasteiger partial charge in [-0.05, 0) is 56.5 Å². The molecule has 33 heavy (non-hydrogen) atoms. The van der Waals surface area contributed by atoms with Gasteiger partial charge in [0.15, 0.2) is 5.96 Å². The molecule has 1 aromatic heterocycles.